The number of nitrogens with one attached hydrogen (secondary N) is 1. The van der Waals surface area contributed by atoms with E-state index in [4.69, 9.17) is 15.2 Å². The number of benzene rings is 1. The van der Waals surface area contributed by atoms with Gasteiger partial charge in [0.15, 0.2) is 0 Å². The van der Waals surface area contributed by atoms with Crippen LogP contribution < -0.4 is 11.1 Å². The number of nitrogens with zero attached hydrogens (tertiary/aromatic N) is 1. The molecule has 0 fully saturated rings. The third-order valence-corrected chi connectivity index (χ3v) is 3.04. The van der Waals surface area contributed by atoms with Crippen molar-refractivity contribution in [3.63, 3.8) is 0 Å². The van der Waals surface area contributed by atoms with Crippen molar-refractivity contribution in [2.45, 2.75) is 6.42 Å². The first-order valence-electron chi connectivity index (χ1n) is 6.76. The molecule has 5 nitrogen and oxygen atoms in total. The normalized spacial score (nSPS) is 10.8. The zero-order chi connectivity index (χ0) is 14.2. The van der Waals surface area contributed by atoms with E-state index in [-0.39, 0.29) is 0 Å². The number of fused-ring (bicyclic) bond motifs is 1. The number of hydrogen-bond acceptors (Lipinski definition) is 5. The van der Waals surface area contributed by atoms with Crippen molar-refractivity contribution < 1.29 is 9.47 Å². The van der Waals surface area contributed by atoms with Crippen molar-refractivity contribution in [3.8, 4) is 0 Å². The Bertz CT molecular complexity index is 546. The van der Waals surface area contributed by atoms with E-state index in [0.717, 1.165) is 35.2 Å². The predicted octanol–water partition coefficient (Wildman–Crippen LogP) is 2.28. The molecule has 1 aromatic carbocycles. The second kappa shape index (κ2) is 7.67. The van der Waals surface area contributed by atoms with Crippen LogP contribution in [0.15, 0.2) is 30.5 Å². The molecule has 2 rings (SSSR count). The molecule has 0 aliphatic carbocycles. The lowest BCUT2D eigenvalue weighted by Gasteiger charge is -2.11. The molecule has 0 atom stereocenters. The zero-order valence-corrected chi connectivity index (χ0v) is 11.8. The van der Waals surface area contributed by atoms with Gasteiger partial charge in [-0.15, -0.1) is 0 Å². The Morgan fingerprint density at radius 2 is 2.10 bits per heavy atom. The van der Waals surface area contributed by atoms with Crippen LogP contribution in [0.2, 0.25) is 0 Å². The molecule has 3 N–H and O–H groups in total. The molecule has 20 heavy (non-hydrogen) atoms. The van der Waals surface area contributed by atoms with Gasteiger partial charge in [-0.25, -0.2) is 0 Å². The SMILES string of the molecule is COCCOCCCNc1ccc2ncccc2c1N. The molecule has 0 saturated heterocycles. The van der Waals surface area contributed by atoms with Crippen LogP contribution in [0.3, 0.4) is 0 Å². The van der Waals surface area contributed by atoms with Gasteiger partial charge in [-0.2, -0.15) is 0 Å². The van der Waals surface area contributed by atoms with E-state index >= 15 is 0 Å². The summed E-state index contributed by atoms with van der Waals surface area (Å²) in [6.45, 7) is 2.81. The Kier molecular flexibility index (Phi) is 5.58. The lowest BCUT2D eigenvalue weighted by molar-refractivity contribution is 0.0705. The Hall–Kier alpha value is -1.85. The van der Waals surface area contributed by atoms with Gasteiger partial charge in [0.05, 0.1) is 30.1 Å². The third-order valence-electron chi connectivity index (χ3n) is 3.04. The minimum Gasteiger partial charge on any atom is -0.397 e. The summed E-state index contributed by atoms with van der Waals surface area (Å²) >= 11 is 0. The average Bonchev–Trinajstić information content (AvgIpc) is 2.49. The van der Waals surface area contributed by atoms with Crippen LogP contribution in [0.5, 0.6) is 0 Å². The summed E-state index contributed by atoms with van der Waals surface area (Å²) in [5, 5.41) is 4.31. The predicted molar refractivity (Wildman–Crippen MR) is 82.0 cm³/mol. The number of ether oxygens (including phenoxy) is 2. The Morgan fingerprint density at radius 3 is 2.95 bits per heavy atom. The second-order valence-electron chi connectivity index (χ2n) is 4.48. The number of rotatable bonds is 8. The molecule has 0 bridgehead atoms. The van der Waals surface area contributed by atoms with Crippen molar-refractivity contribution in [2.75, 3.05) is 44.5 Å². The van der Waals surface area contributed by atoms with Crippen LogP contribution in [0.25, 0.3) is 10.9 Å². The summed E-state index contributed by atoms with van der Waals surface area (Å²) in [6, 6.07) is 7.82. The number of hydrogen-bond donors (Lipinski definition) is 2. The lowest BCUT2D eigenvalue weighted by atomic mass is 10.1. The minimum absolute atomic E-state index is 0.637. The molecule has 5 heteroatoms. The van der Waals surface area contributed by atoms with Crippen molar-refractivity contribution >= 4 is 22.3 Å². The molecule has 0 spiro atoms. The van der Waals surface area contributed by atoms with Crippen LogP contribution in [0.1, 0.15) is 6.42 Å². The van der Waals surface area contributed by atoms with Crippen LogP contribution in [0.4, 0.5) is 11.4 Å². The number of aromatic nitrogens is 1. The summed E-state index contributed by atoms with van der Waals surface area (Å²) in [5.41, 5.74) is 8.76. The van der Waals surface area contributed by atoms with Crippen LogP contribution in [-0.4, -0.2) is 38.5 Å². The van der Waals surface area contributed by atoms with Crippen LogP contribution in [-0.2, 0) is 9.47 Å². The van der Waals surface area contributed by atoms with Gasteiger partial charge in [-0.05, 0) is 30.7 Å². The van der Waals surface area contributed by atoms with E-state index in [1.165, 1.54) is 0 Å². The zero-order valence-electron chi connectivity index (χ0n) is 11.8. The monoisotopic (exact) mass is 275 g/mol. The number of nitrogens with two attached hydrogens (primary N) is 1. The number of anilines is 2. The minimum atomic E-state index is 0.637. The molecule has 0 saturated carbocycles. The molecular weight excluding hydrogens is 254 g/mol. The second-order valence-corrected chi connectivity index (χ2v) is 4.48. The first kappa shape index (κ1) is 14.6. The van der Waals surface area contributed by atoms with Crippen molar-refractivity contribution in [2.24, 2.45) is 0 Å². The molecule has 1 aromatic heterocycles. The molecule has 0 aliphatic rings. The highest BCUT2D eigenvalue weighted by Gasteiger charge is 2.03. The summed E-state index contributed by atoms with van der Waals surface area (Å²) in [6.07, 6.45) is 2.69. The highest BCUT2D eigenvalue weighted by Crippen LogP contribution is 2.27. The van der Waals surface area contributed by atoms with Crippen molar-refractivity contribution in [3.05, 3.63) is 30.5 Å². The van der Waals surface area contributed by atoms with Gasteiger partial charge in [0.2, 0.25) is 0 Å². The van der Waals surface area contributed by atoms with E-state index in [1.54, 1.807) is 13.3 Å². The maximum atomic E-state index is 6.15. The van der Waals surface area contributed by atoms with E-state index in [2.05, 4.69) is 10.3 Å². The fraction of sp³-hybridized carbons (Fsp3) is 0.400. The van der Waals surface area contributed by atoms with Gasteiger partial charge in [0.25, 0.3) is 0 Å². The van der Waals surface area contributed by atoms with Gasteiger partial charge >= 0.3 is 0 Å². The molecule has 108 valence electrons. The number of nitrogen functional groups attached to an aromatic ring is 1. The summed E-state index contributed by atoms with van der Waals surface area (Å²) in [5.74, 6) is 0. The standard InChI is InChI=1S/C15H21N3O2/c1-19-10-11-20-9-3-8-18-14-6-5-13-12(15(14)16)4-2-7-17-13/h2,4-7,18H,3,8-11,16H2,1H3. The van der Waals surface area contributed by atoms with Gasteiger partial charge in [0, 0.05) is 31.8 Å². The Labute approximate surface area is 119 Å². The van der Waals surface area contributed by atoms with E-state index in [1.807, 2.05) is 24.3 Å². The van der Waals surface area contributed by atoms with E-state index in [9.17, 15) is 0 Å². The molecule has 2 aromatic rings. The summed E-state index contributed by atoms with van der Waals surface area (Å²) in [4.78, 5) is 4.28. The quantitative estimate of drug-likeness (QED) is 0.571. The maximum absolute atomic E-state index is 6.15. The smallest absolute Gasteiger partial charge is 0.0724 e. The van der Waals surface area contributed by atoms with Crippen LogP contribution in [0, 0.1) is 0 Å². The van der Waals surface area contributed by atoms with Crippen molar-refractivity contribution in [1.29, 1.82) is 0 Å². The highest BCUT2D eigenvalue weighted by molar-refractivity contribution is 5.96. The first-order chi connectivity index (χ1) is 9.83. The van der Waals surface area contributed by atoms with Gasteiger partial charge in [-0.1, -0.05) is 0 Å². The lowest BCUT2D eigenvalue weighted by Crippen LogP contribution is -2.09. The Balaban J connectivity index is 1.83. The molecule has 1 heterocycles. The summed E-state index contributed by atoms with van der Waals surface area (Å²) in [7, 11) is 1.67. The molecule has 0 unspecified atom stereocenters. The fourth-order valence-electron chi connectivity index (χ4n) is 1.97. The topological polar surface area (TPSA) is 69.4 Å². The van der Waals surface area contributed by atoms with Crippen LogP contribution >= 0.6 is 0 Å². The molecule has 0 radical (unpaired) electrons. The van der Waals surface area contributed by atoms with E-state index < -0.39 is 0 Å². The van der Waals surface area contributed by atoms with Gasteiger partial charge < -0.3 is 20.5 Å². The third kappa shape index (κ3) is 3.82. The highest BCUT2D eigenvalue weighted by atomic mass is 16.5. The summed E-state index contributed by atoms with van der Waals surface area (Å²) < 4.78 is 10.3. The molecule has 0 aliphatic heterocycles. The molecule has 0 amide bonds. The van der Waals surface area contributed by atoms with E-state index in [0.29, 0.717) is 19.8 Å². The number of pyridine rings is 1. The first-order valence-corrected chi connectivity index (χ1v) is 6.76. The average molecular weight is 275 g/mol. The van der Waals surface area contributed by atoms with Gasteiger partial charge in [0.1, 0.15) is 0 Å². The Morgan fingerprint density at radius 1 is 1.20 bits per heavy atom. The fourth-order valence-corrected chi connectivity index (χ4v) is 1.97. The number of methoxy groups -OCH3 is 1. The largest absolute Gasteiger partial charge is 0.397 e. The molecular formula is C15H21N3O2. The van der Waals surface area contributed by atoms with Gasteiger partial charge in [-0.3, -0.25) is 4.98 Å². The van der Waals surface area contributed by atoms with Crippen molar-refractivity contribution in [1.82, 2.24) is 4.98 Å². The maximum Gasteiger partial charge on any atom is 0.0724 e.